The molecule has 0 atom stereocenters. The molecule has 100 valence electrons. The summed E-state index contributed by atoms with van der Waals surface area (Å²) in [6.45, 7) is 0.690. The van der Waals surface area contributed by atoms with Crippen molar-refractivity contribution < 1.29 is 8.42 Å². The molecule has 1 aromatic heterocycles. The highest BCUT2D eigenvalue weighted by Crippen LogP contribution is 2.13. The van der Waals surface area contributed by atoms with Crippen molar-refractivity contribution >= 4 is 16.0 Å². The fourth-order valence-electron chi connectivity index (χ4n) is 1.52. The molecule has 19 heavy (non-hydrogen) atoms. The molecule has 7 heteroatoms. The Bertz CT molecular complexity index is 627. The van der Waals surface area contributed by atoms with Gasteiger partial charge < -0.3 is 5.32 Å². The van der Waals surface area contributed by atoms with Gasteiger partial charge in [0.05, 0.1) is 4.90 Å². The Morgan fingerprint density at radius 2 is 1.74 bits per heavy atom. The third-order valence-electron chi connectivity index (χ3n) is 2.41. The lowest BCUT2D eigenvalue weighted by Crippen LogP contribution is -2.15. The second-order valence-electron chi connectivity index (χ2n) is 3.85. The number of sulfonamides is 1. The van der Waals surface area contributed by atoms with Crippen LogP contribution in [0.5, 0.6) is 0 Å². The molecule has 6 nitrogen and oxygen atoms in total. The van der Waals surface area contributed by atoms with Gasteiger partial charge in [-0.1, -0.05) is 12.1 Å². The van der Waals surface area contributed by atoms with E-state index in [0.717, 1.165) is 5.56 Å². The van der Waals surface area contributed by atoms with Crippen LogP contribution in [0.4, 0.5) is 5.95 Å². The van der Waals surface area contributed by atoms with Crippen molar-refractivity contribution in [1.29, 1.82) is 0 Å². The fraction of sp³-hybridized carbons (Fsp3) is 0.167. The minimum absolute atomic E-state index is 0.0572. The monoisotopic (exact) mass is 278 g/mol. The molecule has 2 N–H and O–H groups in total. The van der Waals surface area contributed by atoms with E-state index in [1.165, 1.54) is 12.4 Å². The summed E-state index contributed by atoms with van der Waals surface area (Å²) in [6.07, 6.45) is 2.95. The lowest BCUT2D eigenvalue weighted by Gasteiger charge is -2.07. The summed E-state index contributed by atoms with van der Waals surface area (Å²) in [6, 6.07) is 8.24. The molecule has 0 aliphatic carbocycles. The third-order valence-corrected chi connectivity index (χ3v) is 3.75. The van der Waals surface area contributed by atoms with E-state index in [0.29, 0.717) is 6.54 Å². The van der Waals surface area contributed by atoms with Crippen LogP contribution in [-0.2, 0) is 16.6 Å². The van der Waals surface area contributed by atoms with E-state index in [4.69, 9.17) is 0 Å². The topological polar surface area (TPSA) is 84.0 Å². The Morgan fingerprint density at radius 3 is 2.32 bits per heavy atom. The first-order valence-electron chi connectivity index (χ1n) is 5.65. The van der Waals surface area contributed by atoms with Gasteiger partial charge in [-0.05, 0) is 30.8 Å². The highest BCUT2D eigenvalue weighted by molar-refractivity contribution is 7.92. The standard InChI is InChI=1S/C12H14N4O2S/c1-13-9-10-3-5-11(6-4-10)19(17,18)16-12-14-7-2-8-15-12/h2-8,13H,9H2,1H3,(H,14,15,16). The highest BCUT2D eigenvalue weighted by Gasteiger charge is 2.14. The van der Waals surface area contributed by atoms with Crippen molar-refractivity contribution in [2.24, 2.45) is 0 Å². The van der Waals surface area contributed by atoms with E-state index in [9.17, 15) is 8.42 Å². The van der Waals surface area contributed by atoms with Gasteiger partial charge in [-0.15, -0.1) is 0 Å². The molecule has 0 fully saturated rings. The van der Waals surface area contributed by atoms with Gasteiger partial charge in [0.25, 0.3) is 10.0 Å². The van der Waals surface area contributed by atoms with Crippen LogP contribution >= 0.6 is 0 Å². The number of anilines is 1. The number of nitrogens with zero attached hydrogens (tertiary/aromatic N) is 2. The Hall–Kier alpha value is -1.99. The molecule has 0 unspecified atom stereocenters. The minimum atomic E-state index is -3.64. The zero-order valence-corrected chi connectivity index (χ0v) is 11.2. The van der Waals surface area contributed by atoms with Crippen LogP contribution in [0.15, 0.2) is 47.6 Å². The van der Waals surface area contributed by atoms with E-state index in [1.54, 1.807) is 30.3 Å². The summed E-state index contributed by atoms with van der Waals surface area (Å²) in [4.78, 5) is 7.83. The number of aromatic nitrogens is 2. The number of hydrogen-bond donors (Lipinski definition) is 2. The zero-order valence-electron chi connectivity index (χ0n) is 10.4. The molecule has 0 saturated heterocycles. The second-order valence-corrected chi connectivity index (χ2v) is 5.53. The van der Waals surface area contributed by atoms with Crippen molar-refractivity contribution in [1.82, 2.24) is 15.3 Å². The summed E-state index contributed by atoms with van der Waals surface area (Å²) in [5, 5.41) is 3.00. The first-order valence-corrected chi connectivity index (χ1v) is 7.13. The van der Waals surface area contributed by atoms with Crippen LogP contribution in [0, 0.1) is 0 Å². The van der Waals surface area contributed by atoms with Gasteiger partial charge in [0.2, 0.25) is 5.95 Å². The Morgan fingerprint density at radius 1 is 1.11 bits per heavy atom. The lowest BCUT2D eigenvalue weighted by molar-refractivity contribution is 0.600. The molecule has 2 rings (SSSR count). The molecule has 1 heterocycles. The van der Waals surface area contributed by atoms with E-state index in [1.807, 2.05) is 7.05 Å². The smallest absolute Gasteiger partial charge is 0.264 e. The van der Waals surface area contributed by atoms with E-state index in [2.05, 4.69) is 20.0 Å². The van der Waals surface area contributed by atoms with Gasteiger partial charge in [0.1, 0.15) is 0 Å². The van der Waals surface area contributed by atoms with E-state index in [-0.39, 0.29) is 10.8 Å². The molecular weight excluding hydrogens is 264 g/mol. The van der Waals surface area contributed by atoms with Crippen molar-refractivity contribution in [3.8, 4) is 0 Å². The molecule has 1 aromatic carbocycles. The normalized spacial score (nSPS) is 11.2. The molecule has 0 saturated carbocycles. The molecule has 0 bridgehead atoms. The number of nitrogens with one attached hydrogen (secondary N) is 2. The van der Waals surface area contributed by atoms with Crippen molar-refractivity contribution in [3.63, 3.8) is 0 Å². The van der Waals surface area contributed by atoms with Gasteiger partial charge in [-0.3, -0.25) is 0 Å². The second kappa shape index (κ2) is 5.77. The van der Waals surface area contributed by atoms with Crippen LogP contribution in [0.2, 0.25) is 0 Å². The molecule has 0 amide bonds. The van der Waals surface area contributed by atoms with Crippen molar-refractivity contribution in [2.45, 2.75) is 11.4 Å². The fourth-order valence-corrected chi connectivity index (χ4v) is 2.48. The third kappa shape index (κ3) is 3.49. The molecule has 2 aromatic rings. The highest BCUT2D eigenvalue weighted by atomic mass is 32.2. The van der Waals surface area contributed by atoms with Crippen LogP contribution < -0.4 is 10.0 Å². The van der Waals surface area contributed by atoms with Gasteiger partial charge in [0.15, 0.2) is 0 Å². The Kier molecular flexibility index (Phi) is 4.08. The van der Waals surface area contributed by atoms with Gasteiger partial charge >= 0.3 is 0 Å². The Labute approximate surface area is 112 Å². The number of rotatable bonds is 5. The summed E-state index contributed by atoms with van der Waals surface area (Å²) in [7, 11) is -1.81. The van der Waals surface area contributed by atoms with Crippen molar-refractivity contribution in [3.05, 3.63) is 48.3 Å². The van der Waals surface area contributed by atoms with Crippen LogP contribution in [0.25, 0.3) is 0 Å². The number of hydrogen-bond acceptors (Lipinski definition) is 5. The molecule has 0 spiro atoms. The molecule has 0 radical (unpaired) electrons. The van der Waals surface area contributed by atoms with Crippen molar-refractivity contribution in [2.75, 3.05) is 11.8 Å². The minimum Gasteiger partial charge on any atom is -0.316 e. The SMILES string of the molecule is CNCc1ccc(S(=O)(=O)Nc2ncccn2)cc1. The largest absolute Gasteiger partial charge is 0.316 e. The first kappa shape index (κ1) is 13.4. The maximum atomic E-state index is 12.1. The van der Waals surface area contributed by atoms with Gasteiger partial charge in [-0.25, -0.2) is 23.1 Å². The van der Waals surface area contributed by atoms with E-state index >= 15 is 0 Å². The summed E-state index contributed by atoms with van der Waals surface area (Å²) < 4.78 is 26.4. The van der Waals surface area contributed by atoms with Crippen LogP contribution in [0.3, 0.4) is 0 Å². The summed E-state index contributed by atoms with van der Waals surface area (Å²) in [5.74, 6) is 0.0572. The predicted octanol–water partition coefficient (Wildman–Crippen LogP) is 0.997. The number of benzene rings is 1. The quantitative estimate of drug-likeness (QED) is 0.852. The lowest BCUT2D eigenvalue weighted by atomic mass is 10.2. The van der Waals surface area contributed by atoms with Crippen LogP contribution in [0.1, 0.15) is 5.56 Å². The van der Waals surface area contributed by atoms with Gasteiger partial charge in [0, 0.05) is 18.9 Å². The zero-order chi connectivity index (χ0) is 13.7. The van der Waals surface area contributed by atoms with Gasteiger partial charge in [-0.2, -0.15) is 0 Å². The first-order chi connectivity index (χ1) is 9.12. The average molecular weight is 278 g/mol. The summed E-state index contributed by atoms with van der Waals surface area (Å²) >= 11 is 0. The maximum absolute atomic E-state index is 12.1. The molecule has 0 aliphatic heterocycles. The Balaban J connectivity index is 2.20. The average Bonchev–Trinajstić information content (AvgIpc) is 2.40. The predicted molar refractivity (Wildman–Crippen MR) is 72.0 cm³/mol. The molecule has 0 aliphatic rings. The van der Waals surface area contributed by atoms with E-state index < -0.39 is 10.0 Å². The summed E-state index contributed by atoms with van der Waals surface area (Å²) in [5.41, 5.74) is 1.01. The van der Waals surface area contributed by atoms with Crippen LogP contribution in [-0.4, -0.2) is 25.4 Å². The molecular formula is C12H14N4O2S. The maximum Gasteiger partial charge on any atom is 0.264 e.